The predicted octanol–water partition coefficient (Wildman–Crippen LogP) is 1.68. The fourth-order valence-electron chi connectivity index (χ4n) is 3.12. The number of nitrogens with two attached hydrogens (primary N) is 1. The second kappa shape index (κ2) is 8.29. The molecule has 1 fully saturated rings. The van der Waals surface area contributed by atoms with Gasteiger partial charge in [0.2, 0.25) is 0 Å². The highest BCUT2D eigenvalue weighted by Crippen LogP contribution is 2.17. The first kappa shape index (κ1) is 16.2. The zero-order chi connectivity index (χ0) is 15.1. The van der Waals surface area contributed by atoms with Gasteiger partial charge in [0.1, 0.15) is 12.1 Å². The fourth-order valence-corrected chi connectivity index (χ4v) is 3.12. The van der Waals surface area contributed by atoms with Crippen molar-refractivity contribution in [1.29, 1.82) is 0 Å². The number of aromatic nitrogens is 2. The second-order valence-electron chi connectivity index (χ2n) is 5.74. The highest BCUT2D eigenvalue weighted by molar-refractivity contribution is 5.39. The van der Waals surface area contributed by atoms with Gasteiger partial charge in [-0.1, -0.05) is 13.8 Å². The Morgan fingerprint density at radius 3 is 2.76 bits per heavy atom. The van der Waals surface area contributed by atoms with Crippen molar-refractivity contribution in [2.24, 2.45) is 5.73 Å². The van der Waals surface area contributed by atoms with Gasteiger partial charge in [-0.3, -0.25) is 4.90 Å². The lowest BCUT2D eigenvalue weighted by Gasteiger charge is -2.29. The Morgan fingerprint density at radius 2 is 2.05 bits per heavy atom. The summed E-state index contributed by atoms with van der Waals surface area (Å²) >= 11 is 0. The Labute approximate surface area is 128 Å². The van der Waals surface area contributed by atoms with E-state index in [1.165, 1.54) is 19.4 Å². The van der Waals surface area contributed by atoms with Crippen LogP contribution in [0.15, 0.2) is 12.4 Å². The largest absolute Gasteiger partial charge is 0.355 e. The van der Waals surface area contributed by atoms with Gasteiger partial charge in [0.25, 0.3) is 0 Å². The number of anilines is 1. The van der Waals surface area contributed by atoms with Crippen LogP contribution in [0.1, 0.15) is 38.8 Å². The van der Waals surface area contributed by atoms with Gasteiger partial charge in [0.05, 0.1) is 0 Å². The molecule has 1 aromatic rings. The van der Waals surface area contributed by atoms with Crippen molar-refractivity contribution in [2.75, 3.05) is 37.6 Å². The normalized spacial score (nSPS) is 18.5. The van der Waals surface area contributed by atoms with Crippen LogP contribution in [0.3, 0.4) is 0 Å². The van der Waals surface area contributed by atoms with Gasteiger partial charge in [-0.25, -0.2) is 9.97 Å². The predicted molar refractivity (Wildman–Crippen MR) is 87.6 cm³/mol. The van der Waals surface area contributed by atoms with Gasteiger partial charge in [-0.15, -0.1) is 0 Å². The molecule has 0 aromatic carbocycles. The van der Waals surface area contributed by atoms with Crippen LogP contribution in [0.4, 0.5) is 5.82 Å². The molecular weight excluding hydrogens is 262 g/mol. The van der Waals surface area contributed by atoms with E-state index in [1.807, 2.05) is 0 Å². The molecule has 0 radical (unpaired) electrons. The van der Waals surface area contributed by atoms with Crippen molar-refractivity contribution in [3.05, 3.63) is 18.1 Å². The quantitative estimate of drug-likeness (QED) is 0.864. The number of hydrogen-bond donors (Lipinski definition) is 1. The van der Waals surface area contributed by atoms with Gasteiger partial charge in [-0.2, -0.15) is 0 Å². The van der Waals surface area contributed by atoms with Crippen LogP contribution in [0.2, 0.25) is 0 Å². The first-order chi connectivity index (χ1) is 10.3. The topological polar surface area (TPSA) is 58.3 Å². The minimum absolute atomic E-state index is 0.631. The monoisotopic (exact) mass is 291 g/mol. The Balaban J connectivity index is 1.99. The van der Waals surface area contributed by atoms with E-state index in [2.05, 4.69) is 39.7 Å². The van der Waals surface area contributed by atoms with E-state index in [-0.39, 0.29) is 0 Å². The molecule has 1 saturated heterocycles. The average molecular weight is 291 g/mol. The Morgan fingerprint density at radius 1 is 1.19 bits per heavy atom. The molecule has 2 heterocycles. The van der Waals surface area contributed by atoms with Crippen LogP contribution >= 0.6 is 0 Å². The zero-order valence-electron chi connectivity index (χ0n) is 13.5. The van der Waals surface area contributed by atoms with Crippen molar-refractivity contribution in [3.63, 3.8) is 0 Å². The third kappa shape index (κ3) is 4.38. The summed E-state index contributed by atoms with van der Waals surface area (Å²) in [4.78, 5) is 13.8. The van der Waals surface area contributed by atoms with Crippen molar-refractivity contribution >= 4 is 5.82 Å². The van der Waals surface area contributed by atoms with E-state index in [0.717, 1.165) is 50.5 Å². The van der Waals surface area contributed by atoms with Gasteiger partial charge >= 0.3 is 0 Å². The standard InChI is InChI=1S/C16H29N5/c1-3-14-12-16(19-13-18-14)21-9-5-8-20(10-11-21)15(4-2)6-7-17/h12-13,15H,3-11,17H2,1-2H3. The molecule has 0 spiro atoms. The summed E-state index contributed by atoms with van der Waals surface area (Å²) in [5.41, 5.74) is 6.87. The molecule has 0 saturated carbocycles. The van der Waals surface area contributed by atoms with E-state index < -0.39 is 0 Å². The first-order valence-electron chi connectivity index (χ1n) is 8.28. The van der Waals surface area contributed by atoms with Crippen molar-refractivity contribution in [2.45, 2.75) is 45.6 Å². The summed E-state index contributed by atoms with van der Waals surface area (Å²) < 4.78 is 0. The molecule has 5 heteroatoms. The molecule has 1 unspecified atom stereocenters. The molecule has 5 nitrogen and oxygen atoms in total. The van der Waals surface area contributed by atoms with Crippen molar-refractivity contribution < 1.29 is 0 Å². The van der Waals surface area contributed by atoms with E-state index in [4.69, 9.17) is 5.73 Å². The zero-order valence-corrected chi connectivity index (χ0v) is 13.5. The first-order valence-corrected chi connectivity index (χ1v) is 8.28. The van der Waals surface area contributed by atoms with Gasteiger partial charge in [0.15, 0.2) is 0 Å². The van der Waals surface area contributed by atoms with Crippen LogP contribution in [-0.2, 0) is 6.42 Å². The Kier molecular flexibility index (Phi) is 6.39. The van der Waals surface area contributed by atoms with E-state index in [1.54, 1.807) is 6.33 Å². The second-order valence-corrected chi connectivity index (χ2v) is 5.74. The van der Waals surface area contributed by atoms with Crippen LogP contribution in [-0.4, -0.2) is 53.6 Å². The van der Waals surface area contributed by atoms with E-state index in [0.29, 0.717) is 6.04 Å². The third-order valence-electron chi connectivity index (χ3n) is 4.41. The molecule has 2 rings (SSSR count). The minimum atomic E-state index is 0.631. The van der Waals surface area contributed by atoms with E-state index >= 15 is 0 Å². The highest BCUT2D eigenvalue weighted by Gasteiger charge is 2.21. The Hall–Kier alpha value is -1.20. The lowest BCUT2D eigenvalue weighted by Crippen LogP contribution is -2.39. The fraction of sp³-hybridized carbons (Fsp3) is 0.750. The maximum absolute atomic E-state index is 5.75. The minimum Gasteiger partial charge on any atom is -0.355 e. The summed E-state index contributed by atoms with van der Waals surface area (Å²) in [6, 6.07) is 2.76. The van der Waals surface area contributed by atoms with Gasteiger partial charge in [0, 0.05) is 44.0 Å². The van der Waals surface area contributed by atoms with E-state index in [9.17, 15) is 0 Å². The molecule has 0 amide bonds. The molecule has 118 valence electrons. The maximum atomic E-state index is 5.75. The van der Waals surface area contributed by atoms with Crippen molar-refractivity contribution in [1.82, 2.24) is 14.9 Å². The van der Waals surface area contributed by atoms with Crippen LogP contribution in [0, 0.1) is 0 Å². The van der Waals surface area contributed by atoms with Gasteiger partial charge < -0.3 is 10.6 Å². The summed E-state index contributed by atoms with van der Waals surface area (Å²) in [5.74, 6) is 1.08. The number of nitrogens with zero attached hydrogens (tertiary/aromatic N) is 4. The Bertz CT molecular complexity index is 423. The molecule has 1 aromatic heterocycles. The lowest BCUT2D eigenvalue weighted by molar-refractivity contribution is 0.196. The van der Waals surface area contributed by atoms with Crippen LogP contribution < -0.4 is 10.6 Å². The maximum Gasteiger partial charge on any atom is 0.132 e. The average Bonchev–Trinajstić information content (AvgIpc) is 2.78. The molecule has 1 aliphatic rings. The van der Waals surface area contributed by atoms with Gasteiger partial charge in [-0.05, 0) is 32.2 Å². The summed E-state index contributed by atoms with van der Waals surface area (Å²) in [6.07, 6.45) is 6.13. The molecular formula is C16H29N5. The SMILES string of the molecule is CCc1cc(N2CCCN(C(CC)CCN)CC2)ncn1. The van der Waals surface area contributed by atoms with Crippen LogP contribution in [0.5, 0.6) is 0 Å². The summed E-state index contributed by atoms with van der Waals surface area (Å²) in [6.45, 7) is 9.57. The number of hydrogen-bond acceptors (Lipinski definition) is 5. The molecule has 21 heavy (non-hydrogen) atoms. The number of rotatable bonds is 6. The number of aryl methyl sites for hydroxylation is 1. The van der Waals surface area contributed by atoms with Crippen molar-refractivity contribution in [3.8, 4) is 0 Å². The lowest BCUT2D eigenvalue weighted by atomic mass is 10.1. The third-order valence-corrected chi connectivity index (χ3v) is 4.41. The molecule has 0 aliphatic carbocycles. The molecule has 2 N–H and O–H groups in total. The summed E-state index contributed by atoms with van der Waals surface area (Å²) in [5, 5.41) is 0. The molecule has 0 bridgehead atoms. The molecule has 1 aliphatic heterocycles. The smallest absolute Gasteiger partial charge is 0.132 e. The highest BCUT2D eigenvalue weighted by atomic mass is 15.3. The van der Waals surface area contributed by atoms with Crippen LogP contribution in [0.25, 0.3) is 0 Å². The summed E-state index contributed by atoms with van der Waals surface area (Å²) in [7, 11) is 0. The molecule has 1 atom stereocenters.